The molecule has 3 aromatic carbocycles. The van der Waals surface area contributed by atoms with Crippen molar-refractivity contribution in [1.29, 1.82) is 0 Å². The monoisotopic (exact) mass is 678 g/mol. The Morgan fingerprint density at radius 3 is 1.79 bits per heavy atom. The molecule has 2 nitrogen and oxygen atoms in total. The van der Waals surface area contributed by atoms with Crippen molar-refractivity contribution in [1.82, 2.24) is 0 Å². The molecule has 0 N–H and O–H groups in total. The molecule has 0 heterocycles. The van der Waals surface area contributed by atoms with Crippen LogP contribution in [0.1, 0.15) is 81.8 Å². The Morgan fingerprint density at radius 2 is 1.27 bits per heavy atom. The van der Waals surface area contributed by atoms with Crippen LogP contribution in [-0.2, 0) is 6.11 Å². The Bertz CT molecular complexity index is 1540. The highest BCUT2D eigenvalue weighted by Crippen LogP contribution is 2.41. The first kappa shape index (κ1) is 35.5. The zero-order valence-corrected chi connectivity index (χ0v) is 26.5. The van der Waals surface area contributed by atoms with E-state index in [0.717, 1.165) is 49.3 Å². The van der Waals surface area contributed by atoms with Crippen LogP contribution in [0.5, 0.6) is 11.5 Å². The summed E-state index contributed by atoms with van der Waals surface area (Å²) in [4.78, 5) is 0. The van der Waals surface area contributed by atoms with Crippen LogP contribution >= 0.6 is 0 Å². The molecule has 2 aliphatic rings. The predicted molar refractivity (Wildman–Crippen MR) is 168 cm³/mol. The zero-order valence-electron chi connectivity index (χ0n) is 26.5. The summed E-state index contributed by atoms with van der Waals surface area (Å²) in [6.45, 7) is 2.27. The van der Waals surface area contributed by atoms with E-state index in [-0.39, 0.29) is 23.8 Å². The highest BCUT2D eigenvalue weighted by Gasteiger charge is 2.41. The highest BCUT2D eigenvalue weighted by molar-refractivity contribution is 5.64. The predicted octanol–water partition coefficient (Wildman–Crippen LogP) is 12.2. The lowest BCUT2D eigenvalue weighted by atomic mass is 9.77. The SMILES string of the molecule is CCC1CCC(C=CC2CCC(c3ccc(-c4cc(F)c(C(F)(F)Oc5cc(F)c(OC=CC(F)F)c(F)c5)c(F)c4)cc3)CC2)CC1. The number of halogens is 8. The Balaban J connectivity index is 1.21. The quantitative estimate of drug-likeness (QED) is 0.114. The number of hydrogen-bond donors (Lipinski definition) is 0. The lowest BCUT2D eigenvalue weighted by Crippen LogP contribution is -2.25. The van der Waals surface area contributed by atoms with Crippen LogP contribution in [0.25, 0.3) is 11.1 Å². The summed E-state index contributed by atoms with van der Waals surface area (Å²) in [6, 6.07) is 9.21. The van der Waals surface area contributed by atoms with Crippen molar-refractivity contribution in [3.05, 3.63) is 107 Å². The lowest BCUT2D eigenvalue weighted by molar-refractivity contribution is -0.189. The van der Waals surface area contributed by atoms with E-state index in [9.17, 15) is 26.3 Å². The van der Waals surface area contributed by atoms with Gasteiger partial charge in [0, 0.05) is 18.2 Å². The number of hydrogen-bond acceptors (Lipinski definition) is 2. The van der Waals surface area contributed by atoms with Crippen molar-refractivity contribution in [2.24, 2.45) is 17.8 Å². The number of ether oxygens (including phenoxy) is 2. The van der Waals surface area contributed by atoms with E-state index in [1.165, 1.54) is 32.1 Å². The summed E-state index contributed by atoms with van der Waals surface area (Å²) in [5, 5.41) is 0. The van der Waals surface area contributed by atoms with Crippen LogP contribution in [0.4, 0.5) is 35.1 Å². The van der Waals surface area contributed by atoms with Gasteiger partial charge in [0.15, 0.2) is 17.4 Å². The summed E-state index contributed by atoms with van der Waals surface area (Å²) in [5.41, 5.74) is -0.198. The molecule has 0 bridgehead atoms. The Labute approximate surface area is 275 Å². The molecule has 258 valence electrons. The lowest BCUT2D eigenvalue weighted by Gasteiger charge is -2.29. The molecule has 0 aromatic heterocycles. The minimum absolute atomic E-state index is 0.0216. The molecule has 0 spiro atoms. The summed E-state index contributed by atoms with van der Waals surface area (Å²) in [5.74, 6) is -6.14. The van der Waals surface area contributed by atoms with Gasteiger partial charge in [0.25, 0.3) is 6.43 Å². The van der Waals surface area contributed by atoms with Crippen molar-refractivity contribution < 1.29 is 44.6 Å². The molecule has 3 aromatic rings. The highest BCUT2D eigenvalue weighted by atomic mass is 19.3. The second-order valence-corrected chi connectivity index (χ2v) is 12.7. The maximum absolute atomic E-state index is 15.0. The number of allylic oxidation sites excluding steroid dienone is 3. The minimum Gasteiger partial charge on any atom is -0.459 e. The second kappa shape index (κ2) is 15.6. The Hall–Kier alpha value is -3.82. The standard InChI is InChI=1S/C38H38F8O2/c1-2-23-3-5-24(6-4-23)7-8-25-9-11-26(12-10-25)27-13-15-28(16-14-27)29-19-31(39)36(32(40)20-29)38(45,46)48-30-21-33(41)37(34(42)22-30)47-18-17-35(43)44/h7-8,13-26,35H,2-6,9-12H2,1H3. The molecule has 2 aliphatic carbocycles. The van der Waals surface area contributed by atoms with Crippen LogP contribution < -0.4 is 9.47 Å². The zero-order chi connectivity index (χ0) is 34.4. The first-order chi connectivity index (χ1) is 22.9. The van der Waals surface area contributed by atoms with Gasteiger partial charge < -0.3 is 9.47 Å². The third-order valence-corrected chi connectivity index (χ3v) is 9.57. The van der Waals surface area contributed by atoms with E-state index in [2.05, 4.69) is 28.5 Å². The fourth-order valence-corrected chi connectivity index (χ4v) is 6.79. The van der Waals surface area contributed by atoms with Crippen molar-refractivity contribution >= 4 is 0 Å². The fraction of sp³-hybridized carbons (Fsp3) is 0.421. The minimum atomic E-state index is -4.67. The molecule has 2 fully saturated rings. The summed E-state index contributed by atoms with van der Waals surface area (Å²) in [7, 11) is 0. The van der Waals surface area contributed by atoms with Crippen LogP contribution in [-0.4, -0.2) is 6.43 Å². The van der Waals surface area contributed by atoms with Gasteiger partial charge in [-0.15, -0.1) is 0 Å². The van der Waals surface area contributed by atoms with Crippen LogP contribution in [0.2, 0.25) is 0 Å². The first-order valence-electron chi connectivity index (χ1n) is 16.4. The van der Waals surface area contributed by atoms with Gasteiger partial charge in [-0.25, -0.2) is 26.3 Å². The number of alkyl halides is 4. The average molecular weight is 679 g/mol. The Kier molecular flexibility index (Phi) is 11.5. The van der Waals surface area contributed by atoms with Crippen molar-refractivity contribution in [3.63, 3.8) is 0 Å². The van der Waals surface area contributed by atoms with Crippen molar-refractivity contribution in [2.45, 2.75) is 83.2 Å². The van der Waals surface area contributed by atoms with Gasteiger partial charge in [-0.2, -0.15) is 8.78 Å². The normalized spacial score (nSPS) is 22.1. The fourth-order valence-electron chi connectivity index (χ4n) is 6.79. The average Bonchev–Trinajstić information content (AvgIpc) is 3.05. The van der Waals surface area contributed by atoms with Crippen LogP contribution in [0, 0.1) is 41.0 Å². The Morgan fingerprint density at radius 1 is 0.729 bits per heavy atom. The van der Waals surface area contributed by atoms with Crippen molar-refractivity contribution in [2.75, 3.05) is 0 Å². The molecular weight excluding hydrogens is 640 g/mol. The molecule has 10 heteroatoms. The smallest absolute Gasteiger partial charge is 0.432 e. The van der Waals surface area contributed by atoms with E-state index in [4.69, 9.17) is 0 Å². The van der Waals surface area contributed by atoms with Gasteiger partial charge in [-0.1, -0.05) is 49.8 Å². The van der Waals surface area contributed by atoms with Gasteiger partial charge in [0.05, 0.1) is 6.26 Å². The molecule has 0 radical (unpaired) electrons. The summed E-state index contributed by atoms with van der Waals surface area (Å²) >= 11 is 0. The van der Waals surface area contributed by atoms with E-state index in [0.29, 0.717) is 29.6 Å². The molecule has 2 saturated carbocycles. The van der Waals surface area contributed by atoms with E-state index >= 15 is 8.78 Å². The molecule has 0 atom stereocenters. The molecule has 0 saturated heterocycles. The molecule has 48 heavy (non-hydrogen) atoms. The van der Waals surface area contributed by atoms with Gasteiger partial charge in [0.2, 0.25) is 0 Å². The molecular formula is C38H38F8O2. The van der Waals surface area contributed by atoms with Gasteiger partial charge in [0.1, 0.15) is 22.9 Å². The largest absolute Gasteiger partial charge is 0.459 e. The molecule has 0 aliphatic heterocycles. The van der Waals surface area contributed by atoms with Crippen LogP contribution in [0.3, 0.4) is 0 Å². The van der Waals surface area contributed by atoms with Gasteiger partial charge in [-0.3, -0.25) is 0 Å². The maximum Gasteiger partial charge on any atom is 0.432 e. The molecule has 0 unspecified atom stereocenters. The van der Waals surface area contributed by atoms with Gasteiger partial charge in [-0.05, 0) is 104 Å². The second-order valence-electron chi connectivity index (χ2n) is 12.7. The third-order valence-electron chi connectivity index (χ3n) is 9.57. The van der Waals surface area contributed by atoms with Gasteiger partial charge >= 0.3 is 6.11 Å². The number of rotatable bonds is 11. The third kappa shape index (κ3) is 8.80. The first-order valence-corrected chi connectivity index (χ1v) is 16.4. The number of benzene rings is 3. The molecule has 0 amide bonds. The summed E-state index contributed by atoms with van der Waals surface area (Å²) in [6.07, 6.45) is 8.48. The molecule has 5 rings (SSSR count). The summed E-state index contributed by atoms with van der Waals surface area (Å²) < 4.78 is 121. The van der Waals surface area contributed by atoms with Crippen molar-refractivity contribution in [3.8, 4) is 22.6 Å². The van der Waals surface area contributed by atoms with E-state index in [1.54, 1.807) is 12.1 Å². The maximum atomic E-state index is 15.0. The van der Waals surface area contributed by atoms with E-state index in [1.807, 2.05) is 12.1 Å². The topological polar surface area (TPSA) is 18.5 Å². The van der Waals surface area contributed by atoms with Crippen LogP contribution in [0.15, 0.2) is 73.0 Å². The van der Waals surface area contributed by atoms with E-state index < -0.39 is 52.9 Å².